The highest BCUT2D eigenvalue weighted by molar-refractivity contribution is 6.31. The van der Waals surface area contributed by atoms with Crippen LogP contribution in [0.2, 0.25) is 5.02 Å². The van der Waals surface area contributed by atoms with Gasteiger partial charge in [0.1, 0.15) is 0 Å². The number of non-ortho nitro benzene ring substituents is 1. The third-order valence-corrected chi connectivity index (χ3v) is 3.91. The summed E-state index contributed by atoms with van der Waals surface area (Å²) in [5.41, 5.74) is 0.180. The van der Waals surface area contributed by atoms with Gasteiger partial charge >= 0.3 is 0 Å². The molecule has 1 heterocycles. The topological polar surface area (TPSA) is 99.4 Å². The van der Waals surface area contributed by atoms with Crippen LogP contribution in [0.4, 0.5) is 5.69 Å². The maximum Gasteiger partial charge on any atom is 0.270 e. The Balaban J connectivity index is 2.59. The molecule has 0 saturated carbocycles. The molecule has 1 aromatic heterocycles. The van der Waals surface area contributed by atoms with Crippen LogP contribution < -0.4 is 0 Å². The first kappa shape index (κ1) is 15.5. The van der Waals surface area contributed by atoms with Crippen molar-refractivity contribution in [2.45, 2.75) is 11.8 Å². The second kappa shape index (κ2) is 6.26. The molecule has 0 saturated heterocycles. The van der Waals surface area contributed by atoms with Gasteiger partial charge in [0.05, 0.1) is 22.0 Å². The number of H-pyrrole nitrogens is 1. The molecule has 2 rings (SSSR count). The fourth-order valence-corrected chi connectivity index (χ4v) is 2.84. The summed E-state index contributed by atoms with van der Waals surface area (Å²) in [6.45, 7) is -0.446. The minimum Gasteiger partial charge on any atom is -0.396 e. The summed E-state index contributed by atoms with van der Waals surface area (Å²) in [5.74, 6) is 0. The van der Waals surface area contributed by atoms with Crippen LogP contribution in [0.5, 0.6) is 0 Å². The quantitative estimate of drug-likeness (QED) is 0.562. The molecule has 1 unspecified atom stereocenters. The number of aromatic nitrogens is 1. The van der Waals surface area contributed by atoms with E-state index in [2.05, 4.69) is 4.98 Å². The Morgan fingerprint density at radius 3 is 2.57 bits per heavy atom. The Hall–Kier alpha value is -1.89. The van der Waals surface area contributed by atoms with Gasteiger partial charge in [-0.15, -0.1) is 0 Å². The summed E-state index contributed by atoms with van der Waals surface area (Å²) < 4.78 is 0. The monoisotopic (exact) mass is 310 g/mol. The van der Waals surface area contributed by atoms with E-state index in [-0.39, 0.29) is 30.3 Å². The van der Waals surface area contributed by atoms with Gasteiger partial charge in [-0.1, -0.05) is 11.6 Å². The van der Waals surface area contributed by atoms with E-state index in [0.717, 1.165) is 0 Å². The molecule has 1 aromatic carbocycles. The van der Waals surface area contributed by atoms with Gasteiger partial charge in [0.2, 0.25) is 0 Å². The lowest BCUT2D eigenvalue weighted by Gasteiger charge is -2.32. The number of hydrogen-bond acceptors (Lipinski definition) is 4. The van der Waals surface area contributed by atoms with Gasteiger partial charge in [0.15, 0.2) is 0 Å². The first-order valence-electron chi connectivity index (χ1n) is 6.35. The number of nitrogens with zero attached hydrogens (tertiary/aromatic N) is 1. The SMILES string of the molecule is O=[N+]([O-])c1ccc(C(CO)(CCO)c2ccc[nH]2)c(Cl)c1. The molecule has 0 fully saturated rings. The number of rotatable bonds is 6. The van der Waals surface area contributed by atoms with Gasteiger partial charge in [0.25, 0.3) is 5.69 Å². The Morgan fingerprint density at radius 1 is 1.33 bits per heavy atom. The molecule has 112 valence electrons. The highest BCUT2D eigenvalue weighted by Crippen LogP contribution is 2.39. The molecule has 0 spiro atoms. The number of nitrogens with one attached hydrogen (secondary N) is 1. The number of hydrogen-bond donors (Lipinski definition) is 3. The number of aromatic amines is 1. The lowest BCUT2D eigenvalue weighted by atomic mass is 9.75. The minimum atomic E-state index is -0.926. The van der Waals surface area contributed by atoms with Crippen molar-refractivity contribution in [3.63, 3.8) is 0 Å². The van der Waals surface area contributed by atoms with E-state index < -0.39 is 10.3 Å². The van der Waals surface area contributed by atoms with Crippen molar-refractivity contribution >= 4 is 17.3 Å². The first-order chi connectivity index (χ1) is 10.0. The van der Waals surface area contributed by atoms with Crippen LogP contribution in [0.3, 0.4) is 0 Å². The molecule has 0 aliphatic heterocycles. The van der Waals surface area contributed by atoms with E-state index in [4.69, 9.17) is 11.6 Å². The van der Waals surface area contributed by atoms with Gasteiger partial charge in [-0.3, -0.25) is 10.1 Å². The highest BCUT2D eigenvalue weighted by Gasteiger charge is 2.36. The summed E-state index contributed by atoms with van der Waals surface area (Å²) in [6.07, 6.45) is 1.94. The van der Waals surface area contributed by atoms with Crippen LogP contribution in [0.1, 0.15) is 17.7 Å². The van der Waals surface area contributed by atoms with E-state index in [9.17, 15) is 20.3 Å². The second-order valence-electron chi connectivity index (χ2n) is 4.72. The molecule has 0 bridgehead atoms. The van der Waals surface area contributed by atoms with E-state index >= 15 is 0 Å². The molecule has 0 aliphatic rings. The Labute approximate surface area is 126 Å². The second-order valence-corrected chi connectivity index (χ2v) is 5.13. The Morgan fingerprint density at radius 2 is 2.10 bits per heavy atom. The van der Waals surface area contributed by atoms with Gasteiger partial charge in [-0.05, 0) is 30.2 Å². The first-order valence-corrected chi connectivity index (χ1v) is 6.73. The molecular formula is C14H15ClN2O4. The molecule has 0 radical (unpaired) electrons. The van der Waals surface area contributed by atoms with E-state index in [0.29, 0.717) is 11.3 Å². The Bertz CT molecular complexity index is 630. The highest BCUT2D eigenvalue weighted by atomic mass is 35.5. The summed E-state index contributed by atoms with van der Waals surface area (Å²) in [5, 5.41) is 30.2. The van der Waals surface area contributed by atoms with Crippen LogP contribution in [0.25, 0.3) is 0 Å². The molecular weight excluding hydrogens is 296 g/mol. The maximum absolute atomic E-state index is 10.8. The Kier molecular flexibility index (Phi) is 4.62. The largest absolute Gasteiger partial charge is 0.396 e. The number of nitro groups is 1. The van der Waals surface area contributed by atoms with Gasteiger partial charge in [0, 0.05) is 30.6 Å². The molecule has 0 amide bonds. The van der Waals surface area contributed by atoms with Crippen molar-refractivity contribution < 1.29 is 15.1 Å². The average molecular weight is 311 g/mol. The zero-order valence-electron chi connectivity index (χ0n) is 11.1. The third-order valence-electron chi connectivity index (χ3n) is 3.60. The van der Waals surface area contributed by atoms with Crippen molar-refractivity contribution in [2.24, 2.45) is 0 Å². The van der Waals surface area contributed by atoms with Crippen molar-refractivity contribution in [1.29, 1.82) is 0 Å². The third kappa shape index (κ3) is 2.78. The normalized spacial score (nSPS) is 13.9. The average Bonchev–Trinajstić information content (AvgIpc) is 2.99. The summed E-state index contributed by atoms with van der Waals surface area (Å²) in [4.78, 5) is 13.3. The molecule has 6 nitrogen and oxygen atoms in total. The smallest absolute Gasteiger partial charge is 0.270 e. The van der Waals surface area contributed by atoms with Crippen LogP contribution in [0, 0.1) is 10.1 Å². The van der Waals surface area contributed by atoms with E-state index in [1.54, 1.807) is 18.3 Å². The van der Waals surface area contributed by atoms with E-state index in [1.165, 1.54) is 18.2 Å². The molecule has 1 atom stereocenters. The van der Waals surface area contributed by atoms with Crippen molar-refractivity contribution in [2.75, 3.05) is 13.2 Å². The van der Waals surface area contributed by atoms with Crippen LogP contribution >= 0.6 is 11.6 Å². The zero-order valence-corrected chi connectivity index (χ0v) is 11.9. The predicted molar refractivity (Wildman–Crippen MR) is 78.5 cm³/mol. The fourth-order valence-electron chi connectivity index (χ4n) is 2.49. The number of aliphatic hydroxyl groups excluding tert-OH is 2. The lowest BCUT2D eigenvalue weighted by Crippen LogP contribution is -2.34. The number of halogens is 1. The standard InChI is InChI=1S/C14H15ClN2O4/c15-12-8-10(17(20)21)3-4-11(12)14(9-19,5-7-18)13-2-1-6-16-13/h1-4,6,8,16,18-19H,5,7,9H2. The zero-order chi connectivity index (χ0) is 15.5. The van der Waals surface area contributed by atoms with Gasteiger partial charge < -0.3 is 15.2 Å². The van der Waals surface area contributed by atoms with Gasteiger partial charge in [-0.2, -0.15) is 0 Å². The molecule has 3 N–H and O–H groups in total. The predicted octanol–water partition coefficient (Wildman–Crippen LogP) is 2.24. The summed E-state index contributed by atoms with van der Waals surface area (Å²) >= 11 is 6.18. The number of benzene rings is 1. The van der Waals surface area contributed by atoms with Crippen molar-refractivity contribution in [3.05, 3.63) is 62.9 Å². The minimum absolute atomic E-state index is 0.119. The van der Waals surface area contributed by atoms with E-state index in [1.807, 2.05) is 0 Å². The van der Waals surface area contributed by atoms with Crippen LogP contribution in [-0.4, -0.2) is 33.3 Å². The lowest BCUT2D eigenvalue weighted by molar-refractivity contribution is -0.384. The molecule has 2 aromatic rings. The molecule has 21 heavy (non-hydrogen) atoms. The summed E-state index contributed by atoms with van der Waals surface area (Å²) in [6, 6.07) is 7.67. The summed E-state index contributed by atoms with van der Waals surface area (Å²) in [7, 11) is 0. The molecule has 7 heteroatoms. The van der Waals surface area contributed by atoms with Gasteiger partial charge in [-0.25, -0.2) is 0 Å². The number of aliphatic hydroxyl groups is 2. The van der Waals surface area contributed by atoms with Crippen molar-refractivity contribution in [1.82, 2.24) is 4.98 Å². The van der Waals surface area contributed by atoms with Crippen LogP contribution in [0.15, 0.2) is 36.5 Å². The fraction of sp³-hybridized carbons (Fsp3) is 0.286. The number of nitro benzene ring substituents is 1. The maximum atomic E-state index is 10.8. The van der Waals surface area contributed by atoms with Crippen LogP contribution in [-0.2, 0) is 5.41 Å². The van der Waals surface area contributed by atoms with Crippen molar-refractivity contribution in [3.8, 4) is 0 Å². The molecule has 0 aliphatic carbocycles.